The molecule has 1 aromatic heterocycles. The van der Waals surface area contributed by atoms with Gasteiger partial charge in [-0.1, -0.05) is 64.1 Å². The molecular weight excluding hydrogens is 540 g/mol. The molecule has 1 saturated carbocycles. The Morgan fingerprint density at radius 2 is 1.74 bits per heavy atom. The number of hydrogen-bond acceptors (Lipinski definition) is 7. The molecular formula is C27H41ClN4O4SSi. The van der Waals surface area contributed by atoms with Crippen molar-refractivity contribution >= 4 is 47.3 Å². The molecule has 1 aliphatic rings. The van der Waals surface area contributed by atoms with Gasteiger partial charge in [-0.25, -0.2) is 18.4 Å². The van der Waals surface area contributed by atoms with E-state index in [1.165, 1.54) is 12.3 Å². The van der Waals surface area contributed by atoms with Crippen LogP contribution in [-0.4, -0.2) is 52.0 Å². The number of anilines is 2. The van der Waals surface area contributed by atoms with Gasteiger partial charge in [0, 0.05) is 12.8 Å². The molecule has 2 N–H and O–H groups in total. The van der Waals surface area contributed by atoms with Crippen molar-refractivity contribution in [3.8, 4) is 0 Å². The third-order valence-electron chi connectivity index (χ3n) is 7.77. The normalized spacial score (nSPS) is 15.4. The van der Waals surface area contributed by atoms with Crippen LogP contribution in [0.25, 0.3) is 0 Å². The molecule has 3 rings (SSSR count). The minimum absolute atomic E-state index is 0.0643. The molecule has 210 valence electrons. The SMILES string of the molecule is CC[Si](CC)(CC)OCCNc1cnc(NC(=O)C(CC2CCCC2)c2ccc(S(C)(=O)=O)c(Cl)c2)cn1. The number of carbonyl (C=O) groups is 1. The maximum atomic E-state index is 13.4. The summed E-state index contributed by atoms with van der Waals surface area (Å²) >= 11 is 6.31. The van der Waals surface area contributed by atoms with E-state index < -0.39 is 24.1 Å². The van der Waals surface area contributed by atoms with Crippen LogP contribution in [0.5, 0.6) is 0 Å². The average Bonchev–Trinajstić information content (AvgIpc) is 3.41. The molecule has 1 heterocycles. The zero-order valence-corrected chi connectivity index (χ0v) is 25.5. The Morgan fingerprint density at radius 3 is 2.29 bits per heavy atom. The Bertz CT molecular complexity index is 1160. The number of halogens is 1. The Labute approximate surface area is 233 Å². The Hall–Kier alpha value is -2.01. The van der Waals surface area contributed by atoms with Crippen molar-refractivity contribution in [3.05, 3.63) is 41.2 Å². The monoisotopic (exact) mass is 580 g/mol. The second kappa shape index (κ2) is 13.9. The number of amides is 1. The Balaban J connectivity index is 1.65. The van der Waals surface area contributed by atoms with Crippen LogP contribution in [-0.2, 0) is 19.1 Å². The van der Waals surface area contributed by atoms with Crippen molar-refractivity contribution in [3.63, 3.8) is 0 Å². The van der Waals surface area contributed by atoms with Gasteiger partial charge in [0.05, 0.1) is 34.8 Å². The fourth-order valence-corrected chi connectivity index (χ4v) is 9.19. The van der Waals surface area contributed by atoms with Gasteiger partial charge in [-0.15, -0.1) is 0 Å². The van der Waals surface area contributed by atoms with Crippen LogP contribution in [0.1, 0.15) is 64.4 Å². The zero-order valence-electron chi connectivity index (χ0n) is 22.9. The molecule has 0 spiro atoms. The first-order valence-electron chi connectivity index (χ1n) is 13.6. The van der Waals surface area contributed by atoms with E-state index in [-0.39, 0.29) is 15.8 Å². The van der Waals surface area contributed by atoms with E-state index in [1.54, 1.807) is 18.3 Å². The number of hydrogen-bond donors (Lipinski definition) is 2. The molecule has 1 unspecified atom stereocenters. The number of carbonyl (C=O) groups excluding carboxylic acids is 1. The van der Waals surface area contributed by atoms with Crippen LogP contribution in [0.3, 0.4) is 0 Å². The Morgan fingerprint density at radius 1 is 1.11 bits per heavy atom. The highest BCUT2D eigenvalue weighted by atomic mass is 35.5. The lowest BCUT2D eigenvalue weighted by atomic mass is 9.87. The average molecular weight is 581 g/mol. The number of aromatic nitrogens is 2. The number of sulfone groups is 1. The second-order valence-electron chi connectivity index (χ2n) is 10.2. The molecule has 1 atom stereocenters. The molecule has 1 fully saturated rings. The largest absolute Gasteiger partial charge is 0.415 e. The van der Waals surface area contributed by atoms with Crippen molar-refractivity contribution in [2.45, 2.75) is 81.8 Å². The van der Waals surface area contributed by atoms with Crippen molar-refractivity contribution in [2.75, 3.05) is 30.0 Å². The van der Waals surface area contributed by atoms with Gasteiger partial charge in [0.15, 0.2) is 24.0 Å². The fourth-order valence-electron chi connectivity index (χ4n) is 5.21. The highest BCUT2D eigenvalue weighted by Gasteiger charge is 2.29. The minimum Gasteiger partial charge on any atom is -0.415 e. The summed E-state index contributed by atoms with van der Waals surface area (Å²) in [7, 11) is -5.07. The lowest BCUT2D eigenvalue weighted by Crippen LogP contribution is -2.37. The van der Waals surface area contributed by atoms with Crippen LogP contribution < -0.4 is 10.6 Å². The molecule has 2 aromatic rings. The molecule has 0 saturated heterocycles. The van der Waals surface area contributed by atoms with Crippen molar-refractivity contribution < 1.29 is 17.6 Å². The lowest BCUT2D eigenvalue weighted by molar-refractivity contribution is -0.118. The van der Waals surface area contributed by atoms with E-state index in [4.69, 9.17) is 16.0 Å². The first kappa shape index (κ1) is 30.5. The van der Waals surface area contributed by atoms with E-state index >= 15 is 0 Å². The van der Waals surface area contributed by atoms with E-state index in [0.29, 0.717) is 42.7 Å². The summed E-state index contributed by atoms with van der Waals surface area (Å²) in [5.41, 5.74) is 0.698. The van der Waals surface area contributed by atoms with Crippen molar-refractivity contribution in [1.29, 1.82) is 0 Å². The van der Waals surface area contributed by atoms with Crippen LogP contribution in [0.2, 0.25) is 23.2 Å². The number of benzene rings is 1. The molecule has 0 bridgehead atoms. The third kappa shape index (κ3) is 8.24. The highest BCUT2D eigenvalue weighted by molar-refractivity contribution is 7.90. The van der Waals surface area contributed by atoms with Gasteiger partial charge in [0.1, 0.15) is 5.82 Å². The maximum absolute atomic E-state index is 13.4. The fraction of sp³-hybridized carbons (Fsp3) is 0.593. The van der Waals surface area contributed by atoms with Gasteiger partial charge in [0.25, 0.3) is 0 Å². The summed E-state index contributed by atoms with van der Waals surface area (Å²) in [6.07, 6.45) is 9.43. The van der Waals surface area contributed by atoms with E-state index in [0.717, 1.165) is 50.1 Å². The zero-order chi connectivity index (χ0) is 27.8. The molecule has 0 radical (unpaired) electrons. The van der Waals surface area contributed by atoms with Gasteiger partial charge in [-0.3, -0.25) is 4.79 Å². The summed E-state index contributed by atoms with van der Waals surface area (Å²) in [5, 5.41) is 6.26. The molecule has 1 amide bonds. The van der Waals surface area contributed by atoms with Crippen LogP contribution in [0.15, 0.2) is 35.5 Å². The minimum atomic E-state index is -3.45. The van der Waals surface area contributed by atoms with Crippen molar-refractivity contribution in [1.82, 2.24) is 9.97 Å². The first-order valence-corrected chi connectivity index (χ1v) is 18.4. The maximum Gasteiger partial charge on any atom is 0.233 e. The Kier molecular flexibility index (Phi) is 11.1. The molecule has 11 heteroatoms. The highest BCUT2D eigenvalue weighted by Crippen LogP contribution is 2.36. The molecule has 1 aromatic carbocycles. The first-order chi connectivity index (χ1) is 18.1. The van der Waals surface area contributed by atoms with Gasteiger partial charge in [0.2, 0.25) is 5.91 Å². The number of nitrogens with zero attached hydrogens (tertiary/aromatic N) is 2. The van der Waals surface area contributed by atoms with E-state index in [1.807, 2.05) is 0 Å². The van der Waals surface area contributed by atoms with Crippen LogP contribution in [0, 0.1) is 5.92 Å². The lowest BCUT2D eigenvalue weighted by Gasteiger charge is -2.28. The standard InChI is InChI=1S/C27H41ClN4O4SSi/c1-5-38(6-2,7-3)36-15-14-29-25-18-31-26(19-30-25)32-27(33)22(16-20-10-8-9-11-20)21-12-13-24(23(28)17-21)37(4,34)35/h12-13,17-20,22H,5-11,14-16H2,1-4H3,(H,29,30)(H,31,32,33). The van der Waals surface area contributed by atoms with Gasteiger partial charge in [-0.05, 0) is 48.2 Å². The molecule has 8 nitrogen and oxygen atoms in total. The molecule has 0 aliphatic heterocycles. The topological polar surface area (TPSA) is 110 Å². The van der Waals surface area contributed by atoms with E-state index in [9.17, 15) is 13.2 Å². The summed E-state index contributed by atoms with van der Waals surface area (Å²) in [5.74, 6) is 0.744. The summed E-state index contributed by atoms with van der Waals surface area (Å²) in [4.78, 5) is 22.2. The summed E-state index contributed by atoms with van der Waals surface area (Å²) in [6, 6.07) is 8.12. The smallest absolute Gasteiger partial charge is 0.233 e. The van der Waals surface area contributed by atoms with E-state index in [2.05, 4.69) is 41.4 Å². The van der Waals surface area contributed by atoms with Gasteiger partial charge < -0.3 is 15.1 Å². The number of rotatable bonds is 14. The predicted octanol–water partition coefficient (Wildman–Crippen LogP) is 6.27. The summed E-state index contributed by atoms with van der Waals surface area (Å²) < 4.78 is 30.3. The number of nitrogens with one attached hydrogen (secondary N) is 2. The molecule has 38 heavy (non-hydrogen) atoms. The van der Waals surface area contributed by atoms with Crippen molar-refractivity contribution in [2.24, 2.45) is 5.92 Å². The molecule has 1 aliphatic carbocycles. The third-order valence-corrected chi connectivity index (χ3v) is 14.0. The van der Waals surface area contributed by atoms with Gasteiger partial charge >= 0.3 is 0 Å². The van der Waals surface area contributed by atoms with Gasteiger partial charge in [-0.2, -0.15) is 0 Å². The summed E-state index contributed by atoms with van der Waals surface area (Å²) in [6.45, 7) is 7.91. The quantitative estimate of drug-likeness (QED) is 0.200. The second-order valence-corrected chi connectivity index (χ2v) is 17.4. The van der Waals surface area contributed by atoms with Crippen LogP contribution >= 0.6 is 11.6 Å². The van der Waals surface area contributed by atoms with Crippen LogP contribution in [0.4, 0.5) is 11.6 Å². The predicted molar refractivity (Wildman–Crippen MR) is 156 cm³/mol.